The van der Waals surface area contributed by atoms with Gasteiger partial charge >= 0.3 is 0 Å². The first-order valence-electron chi connectivity index (χ1n) is 4.34. The van der Waals surface area contributed by atoms with Crippen molar-refractivity contribution in [1.82, 2.24) is 9.78 Å². The molecule has 0 radical (unpaired) electrons. The highest BCUT2D eigenvalue weighted by atomic mass is 16.3. The lowest BCUT2D eigenvalue weighted by atomic mass is 10.1. The monoisotopic (exact) mass is 180 g/mol. The van der Waals surface area contributed by atoms with Gasteiger partial charge in [-0.2, -0.15) is 5.10 Å². The maximum absolute atomic E-state index is 9.76. The molecule has 0 saturated carbocycles. The summed E-state index contributed by atoms with van der Waals surface area (Å²) >= 11 is 0. The molecule has 0 aliphatic carbocycles. The fourth-order valence-electron chi connectivity index (χ4n) is 1.31. The van der Waals surface area contributed by atoms with Gasteiger partial charge in [0, 0.05) is 18.8 Å². The van der Waals surface area contributed by atoms with Crippen LogP contribution in [0.15, 0.2) is 17.8 Å². The van der Waals surface area contributed by atoms with Crippen LogP contribution in [0.25, 0.3) is 0 Å². The molecule has 3 nitrogen and oxygen atoms in total. The van der Waals surface area contributed by atoms with Crippen LogP contribution in [0.3, 0.4) is 0 Å². The van der Waals surface area contributed by atoms with Gasteiger partial charge < -0.3 is 5.11 Å². The van der Waals surface area contributed by atoms with Crippen molar-refractivity contribution >= 4 is 0 Å². The average molecular weight is 180 g/mol. The van der Waals surface area contributed by atoms with Crippen molar-refractivity contribution < 1.29 is 5.11 Å². The van der Waals surface area contributed by atoms with Crippen molar-refractivity contribution in [2.75, 3.05) is 0 Å². The molecular weight excluding hydrogens is 164 g/mol. The average Bonchev–Trinajstić information content (AvgIpc) is 2.28. The number of allylic oxidation sites excluding steroid dienone is 1. The highest BCUT2D eigenvalue weighted by molar-refractivity contribution is 5.23. The Morgan fingerprint density at radius 1 is 1.62 bits per heavy atom. The van der Waals surface area contributed by atoms with E-state index in [9.17, 15) is 5.11 Å². The zero-order chi connectivity index (χ0) is 10.0. The quantitative estimate of drug-likeness (QED) is 0.704. The largest absolute Gasteiger partial charge is 0.384 e. The molecule has 0 bridgehead atoms. The Hall–Kier alpha value is -1.09. The van der Waals surface area contributed by atoms with Crippen molar-refractivity contribution in [3.63, 3.8) is 0 Å². The smallest absolute Gasteiger partial charge is 0.101 e. The molecule has 0 aliphatic rings. The second-order valence-electron chi connectivity index (χ2n) is 3.53. The van der Waals surface area contributed by atoms with Gasteiger partial charge in [-0.15, -0.1) is 0 Å². The molecule has 1 aromatic rings. The Morgan fingerprint density at radius 2 is 2.23 bits per heavy atom. The van der Waals surface area contributed by atoms with E-state index in [0.717, 1.165) is 16.8 Å². The molecular formula is C10H16N2O. The molecule has 0 aromatic carbocycles. The molecule has 1 aromatic heterocycles. The maximum Gasteiger partial charge on any atom is 0.101 e. The number of aryl methyl sites for hydroxylation is 2. The molecule has 0 saturated heterocycles. The molecule has 1 N–H and O–H groups in total. The predicted molar refractivity (Wildman–Crippen MR) is 52.3 cm³/mol. The number of aromatic nitrogens is 2. The minimum atomic E-state index is -0.529. The predicted octanol–water partition coefficient (Wildman–Crippen LogP) is 1.73. The molecule has 0 spiro atoms. The Kier molecular flexibility index (Phi) is 2.88. The van der Waals surface area contributed by atoms with Crippen molar-refractivity contribution in [3.8, 4) is 0 Å². The molecule has 0 aliphatic heterocycles. The number of hydrogen-bond donors (Lipinski definition) is 1. The molecule has 1 rings (SSSR count). The van der Waals surface area contributed by atoms with E-state index in [0.29, 0.717) is 0 Å². The van der Waals surface area contributed by atoms with Gasteiger partial charge in [0.2, 0.25) is 0 Å². The highest BCUT2D eigenvalue weighted by Gasteiger charge is 2.10. The highest BCUT2D eigenvalue weighted by Crippen LogP contribution is 2.18. The van der Waals surface area contributed by atoms with Crippen LogP contribution in [-0.2, 0) is 7.05 Å². The van der Waals surface area contributed by atoms with Gasteiger partial charge in [0.1, 0.15) is 6.10 Å². The van der Waals surface area contributed by atoms with Crippen LogP contribution in [0.2, 0.25) is 0 Å². The standard InChI is InChI=1S/C10H16N2O/c1-7(2)5-10(13)9-6-12(4)11-8(9)3/h5-6,10,13H,1-4H3. The maximum atomic E-state index is 9.76. The van der Waals surface area contributed by atoms with Crippen LogP contribution < -0.4 is 0 Å². The second kappa shape index (κ2) is 3.75. The third-order valence-electron chi connectivity index (χ3n) is 1.86. The molecule has 3 heteroatoms. The van der Waals surface area contributed by atoms with Crippen LogP contribution in [0.1, 0.15) is 31.2 Å². The number of rotatable bonds is 2. The van der Waals surface area contributed by atoms with Crippen LogP contribution in [0.4, 0.5) is 0 Å². The van der Waals surface area contributed by atoms with E-state index in [1.807, 2.05) is 40.1 Å². The molecule has 0 amide bonds. The number of hydrogen-bond acceptors (Lipinski definition) is 2. The first-order chi connectivity index (χ1) is 6.00. The van der Waals surface area contributed by atoms with Crippen molar-refractivity contribution in [2.45, 2.75) is 26.9 Å². The van der Waals surface area contributed by atoms with Gasteiger partial charge in [0.15, 0.2) is 0 Å². The fraction of sp³-hybridized carbons (Fsp3) is 0.500. The molecule has 13 heavy (non-hydrogen) atoms. The number of aliphatic hydroxyl groups excluding tert-OH is 1. The molecule has 72 valence electrons. The number of aliphatic hydroxyl groups is 1. The van der Waals surface area contributed by atoms with Gasteiger partial charge in [0.25, 0.3) is 0 Å². The Labute approximate surface area is 78.7 Å². The first-order valence-corrected chi connectivity index (χ1v) is 4.34. The zero-order valence-electron chi connectivity index (χ0n) is 8.57. The molecule has 1 atom stereocenters. The van der Waals surface area contributed by atoms with Crippen LogP contribution in [-0.4, -0.2) is 14.9 Å². The number of nitrogens with zero attached hydrogens (tertiary/aromatic N) is 2. The van der Waals surface area contributed by atoms with E-state index in [2.05, 4.69) is 5.10 Å². The van der Waals surface area contributed by atoms with E-state index in [-0.39, 0.29) is 0 Å². The van der Waals surface area contributed by atoms with Gasteiger partial charge in [-0.25, -0.2) is 0 Å². The summed E-state index contributed by atoms with van der Waals surface area (Å²) in [6.07, 6.45) is 3.14. The summed E-state index contributed by atoms with van der Waals surface area (Å²) in [5.74, 6) is 0. The van der Waals surface area contributed by atoms with Crippen molar-refractivity contribution in [3.05, 3.63) is 29.1 Å². The minimum absolute atomic E-state index is 0.529. The normalized spacial score (nSPS) is 12.7. The van der Waals surface area contributed by atoms with Gasteiger partial charge in [-0.1, -0.05) is 11.6 Å². The van der Waals surface area contributed by atoms with Gasteiger partial charge in [0.05, 0.1) is 5.69 Å². The third-order valence-corrected chi connectivity index (χ3v) is 1.86. The SMILES string of the molecule is CC(C)=CC(O)c1cn(C)nc1C. The first kappa shape index (κ1) is 9.99. The van der Waals surface area contributed by atoms with E-state index < -0.39 is 6.10 Å². The van der Waals surface area contributed by atoms with E-state index in [1.165, 1.54) is 0 Å². The van der Waals surface area contributed by atoms with Gasteiger partial charge in [-0.3, -0.25) is 4.68 Å². The van der Waals surface area contributed by atoms with Crippen molar-refractivity contribution in [2.24, 2.45) is 7.05 Å². The molecule has 0 fully saturated rings. The van der Waals surface area contributed by atoms with Crippen molar-refractivity contribution in [1.29, 1.82) is 0 Å². The zero-order valence-corrected chi connectivity index (χ0v) is 8.57. The lowest BCUT2D eigenvalue weighted by Crippen LogP contribution is -1.94. The van der Waals surface area contributed by atoms with E-state index in [4.69, 9.17) is 0 Å². The summed E-state index contributed by atoms with van der Waals surface area (Å²) in [4.78, 5) is 0. The Balaban J connectivity index is 2.94. The van der Waals surface area contributed by atoms with E-state index in [1.54, 1.807) is 4.68 Å². The minimum Gasteiger partial charge on any atom is -0.384 e. The summed E-state index contributed by atoms with van der Waals surface area (Å²) in [5, 5.41) is 13.9. The summed E-state index contributed by atoms with van der Waals surface area (Å²) in [6, 6.07) is 0. The molecule has 1 heterocycles. The third kappa shape index (κ3) is 2.42. The molecule has 1 unspecified atom stereocenters. The lowest BCUT2D eigenvalue weighted by Gasteiger charge is -2.03. The lowest BCUT2D eigenvalue weighted by molar-refractivity contribution is 0.227. The summed E-state index contributed by atoms with van der Waals surface area (Å²) < 4.78 is 1.72. The van der Waals surface area contributed by atoms with Gasteiger partial charge in [-0.05, 0) is 20.8 Å². The Bertz CT molecular complexity index is 322. The fourth-order valence-corrected chi connectivity index (χ4v) is 1.31. The summed E-state index contributed by atoms with van der Waals surface area (Å²) in [5.41, 5.74) is 2.87. The van der Waals surface area contributed by atoms with Crippen LogP contribution in [0.5, 0.6) is 0 Å². The topological polar surface area (TPSA) is 38.0 Å². The summed E-state index contributed by atoms with van der Waals surface area (Å²) in [7, 11) is 1.85. The van der Waals surface area contributed by atoms with Crippen LogP contribution >= 0.6 is 0 Å². The van der Waals surface area contributed by atoms with Crippen LogP contribution in [0, 0.1) is 6.92 Å². The summed E-state index contributed by atoms with van der Waals surface area (Å²) in [6.45, 7) is 5.83. The Morgan fingerprint density at radius 3 is 2.62 bits per heavy atom. The second-order valence-corrected chi connectivity index (χ2v) is 3.53. The van der Waals surface area contributed by atoms with E-state index >= 15 is 0 Å².